The average molecular weight is 444 g/mol. The van der Waals surface area contributed by atoms with E-state index >= 15 is 0 Å². The lowest BCUT2D eigenvalue weighted by atomic mass is 9.86. The Hall–Kier alpha value is -2.55. The molecule has 2 aliphatic rings. The number of amides is 1. The molecule has 2 heterocycles. The van der Waals surface area contributed by atoms with Crippen LogP contribution in [0.2, 0.25) is 0 Å². The SMILES string of the molecule is CCC(OC(C(N)=O)C1=CCC(OC)(c2noc3cc(F)ccc23)C=C1)N1CCCCC1. The molecule has 172 valence electrons. The summed E-state index contributed by atoms with van der Waals surface area (Å²) in [5.41, 5.74) is 6.43. The zero-order chi connectivity index (χ0) is 22.7. The van der Waals surface area contributed by atoms with Gasteiger partial charge < -0.3 is 19.7 Å². The number of piperidine rings is 1. The summed E-state index contributed by atoms with van der Waals surface area (Å²) in [5.74, 6) is -0.919. The number of carbonyl (C=O) groups excluding carboxylic acids is 1. The number of hydrogen-bond donors (Lipinski definition) is 1. The highest BCUT2D eigenvalue weighted by Gasteiger charge is 2.38. The first-order chi connectivity index (χ1) is 15.5. The number of methoxy groups -OCH3 is 1. The van der Waals surface area contributed by atoms with Gasteiger partial charge in [0.15, 0.2) is 11.7 Å². The Bertz CT molecular complexity index is 1030. The molecule has 3 atom stereocenters. The number of aromatic nitrogens is 1. The first-order valence-electron chi connectivity index (χ1n) is 11.2. The van der Waals surface area contributed by atoms with Crippen molar-refractivity contribution in [2.45, 2.75) is 57.0 Å². The van der Waals surface area contributed by atoms with Gasteiger partial charge in [0.25, 0.3) is 5.91 Å². The third kappa shape index (κ3) is 4.35. The highest BCUT2D eigenvalue weighted by atomic mass is 19.1. The molecule has 2 N–H and O–H groups in total. The summed E-state index contributed by atoms with van der Waals surface area (Å²) >= 11 is 0. The van der Waals surface area contributed by atoms with Crippen molar-refractivity contribution in [3.8, 4) is 0 Å². The van der Waals surface area contributed by atoms with Crippen molar-refractivity contribution < 1.29 is 23.2 Å². The standard InChI is InChI=1S/C24H30FN3O4/c1-3-20(28-13-5-4-6-14-28)31-21(23(26)29)16-9-11-24(30-2,12-10-16)22-18-8-7-17(25)15-19(18)32-27-22/h7-11,15,20-21H,3-6,12-14H2,1-2H3,(H2,26,29). The number of likely N-dealkylation sites (tertiary alicyclic amines) is 1. The van der Waals surface area contributed by atoms with Gasteiger partial charge in [-0.25, -0.2) is 4.39 Å². The van der Waals surface area contributed by atoms with E-state index in [0.717, 1.165) is 32.4 Å². The Morgan fingerprint density at radius 1 is 1.34 bits per heavy atom. The molecule has 1 aromatic heterocycles. The largest absolute Gasteiger partial charge is 0.367 e. The number of primary amides is 1. The van der Waals surface area contributed by atoms with E-state index in [9.17, 15) is 9.18 Å². The first-order valence-corrected chi connectivity index (χ1v) is 11.2. The van der Waals surface area contributed by atoms with Crippen molar-refractivity contribution in [1.29, 1.82) is 0 Å². The minimum Gasteiger partial charge on any atom is -0.367 e. The zero-order valence-electron chi connectivity index (χ0n) is 18.6. The van der Waals surface area contributed by atoms with Crippen LogP contribution in [-0.4, -0.2) is 48.5 Å². The van der Waals surface area contributed by atoms with E-state index in [1.54, 1.807) is 19.3 Å². The quantitative estimate of drug-likeness (QED) is 0.668. The van der Waals surface area contributed by atoms with Crippen LogP contribution >= 0.6 is 0 Å². The fraction of sp³-hybridized carbons (Fsp3) is 0.500. The van der Waals surface area contributed by atoms with Crippen LogP contribution in [0.1, 0.15) is 44.7 Å². The highest BCUT2D eigenvalue weighted by Crippen LogP contribution is 2.39. The smallest absolute Gasteiger partial charge is 0.251 e. The van der Waals surface area contributed by atoms with Crippen LogP contribution in [0, 0.1) is 5.82 Å². The van der Waals surface area contributed by atoms with E-state index in [1.807, 2.05) is 12.2 Å². The maximum Gasteiger partial charge on any atom is 0.251 e. The second kappa shape index (κ2) is 9.52. The second-order valence-corrected chi connectivity index (χ2v) is 8.38. The molecule has 1 aromatic carbocycles. The van der Waals surface area contributed by atoms with Crippen molar-refractivity contribution in [1.82, 2.24) is 10.1 Å². The van der Waals surface area contributed by atoms with Crippen LogP contribution in [0.25, 0.3) is 11.0 Å². The Morgan fingerprint density at radius 3 is 2.75 bits per heavy atom. The summed E-state index contributed by atoms with van der Waals surface area (Å²) in [4.78, 5) is 14.6. The average Bonchev–Trinajstić information content (AvgIpc) is 3.24. The molecule has 7 nitrogen and oxygen atoms in total. The van der Waals surface area contributed by atoms with Gasteiger partial charge in [-0.05, 0) is 43.0 Å². The summed E-state index contributed by atoms with van der Waals surface area (Å²) < 4.78 is 30.9. The molecule has 0 saturated carbocycles. The van der Waals surface area contributed by atoms with Gasteiger partial charge in [0.1, 0.15) is 23.3 Å². The molecule has 0 radical (unpaired) electrons. The fourth-order valence-corrected chi connectivity index (χ4v) is 4.58. The Morgan fingerprint density at radius 2 is 2.12 bits per heavy atom. The summed E-state index contributed by atoms with van der Waals surface area (Å²) in [6.07, 6.45) is 9.19. The van der Waals surface area contributed by atoms with E-state index in [2.05, 4.69) is 17.0 Å². The first kappa shape index (κ1) is 22.6. The van der Waals surface area contributed by atoms with Gasteiger partial charge >= 0.3 is 0 Å². The lowest BCUT2D eigenvalue weighted by Crippen LogP contribution is -2.46. The molecule has 1 aliphatic carbocycles. The second-order valence-electron chi connectivity index (χ2n) is 8.38. The Kier molecular flexibility index (Phi) is 6.74. The highest BCUT2D eigenvalue weighted by molar-refractivity contribution is 5.83. The van der Waals surface area contributed by atoms with Crippen molar-refractivity contribution in [2.75, 3.05) is 20.2 Å². The number of nitrogens with zero attached hydrogens (tertiary/aromatic N) is 2. The predicted molar refractivity (Wildman–Crippen MR) is 118 cm³/mol. The molecule has 1 fully saturated rings. The van der Waals surface area contributed by atoms with Crippen LogP contribution in [-0.2, 0) is 19.9 Å². The molecule has 8 heteroatoms. The van der Waals surface area contributed by atoms with Gasteiger partial charge in [-0.15, -0.1) is 0 Å². The van der Waals surface area contributed by atoms with E-state index in [0.29, 0.717) is 28.7 Å². The molecule has 4 rings (SSSR count). The maximum atomic E-state index is 13.5. The number of fused-ring (bicyclic) bond motifs is 1. The normalized spacial score (nSPS) is 23.8. The zero-order valence-corrected chi connectivity index (χ0v) is 18.6. The van der Waals surface area contributed by atoms with Crippen LogP contribution < -0.4 is 5.73 Å². The van der Waals surface area contributed by atoms with Gasteiger partial charge in [0.2, 0.25) is 0 Å². The third-order valence-corrected chi connectivity index (χ3v) is 6.39. The lowest BCUT2D eigenvalue weighted by molar-refractivity contribution is -0.141. The van der Waals surface area contributed by atoms with E-state index < -0.39 is 23.4 Å². The van der Waals surface area contributed by atoms with Crippen LogP contribution in [0.15, 0.2) is 46.5 Å². The van der Waals surface area contributed by atoms with Crippen LogP contribution in [0.5, 0.6) is 0 Å². The monoisotopic (exact) mass is 443 g/mol. The van der Waals surface area contributed by atoms with Gasteiger partial charge in [0, 0.05) is 38.1 Å². The summed E-state index contributed by atoms with van der Waals surface area (Å²) in [6, 6.07) is 4.29. The molecule has 1 amide bonds. The van der Waals surface area contributed by atoms with Crippen LogP contribution in [0.3, 0.4) is 0 Å². The summed E-state index contributed by atoms with van der Waals surface area (Å²) in [7, 11) is 1.58. The van der Waals surface area contributed by atoms with Gasteiger partial charge in [-0.1, -0.05) is 30.7 Å². The molecule has 3 unspecified atom stereocenters. The minimum atomic E-state index is -0.897. The van der Waals surface area contributed by atoms with Gasteiger partial charge in [0.05, 0.1) is 0 Å². The van der Waals surface area contributed by atoms with Crippen molar-refractivity contribution in [3.63, 3.8) is 0 Å². The van der Waals surface area contributed by atoms with Crippen molar-refractivity contribution >= 4 is 16.9 Å². The van der Waals surface area contributed by atoms with Gasteiger partial charge in [-0.3, -0.25) is 9.69 Å². The molecular weight excluding hydrogens is 413 g/mol. The minimum absolute atomic E-state index is 0.161. The Balaban J connectivity index is 1.56. The number of nitrogens with two attached hydrogens (primary N) is 1. The van der Waals surface area contributed by atoms with E-state index in [-0.39, 0.29) is 6.23 Å². The number of halogens is 1. The molecule has 1 saturated heterocycles. The lowest BCUT2D eigenvalue weighted by Gasteiger charge is -2.36. The fourth-order valence-electron chi connectivity index (χ4n) is 4.58. The third-order valence-electron chi connectivity index (χ3n) is 6.39. The predicted octanol–water partition coefficient (Wildman–Crippen LogP) is 3.79. The molecule has 1 aliphatic heterocycles. The molecule has 0 spiro atoms. The van der Waals surface area contributed by atoms with Gasteiger partial charge in [-0.2, -0.15) is 0 Å². The molecular formula is C24H30FN3O4. The number of carbonyl (C=O) groups is 1. The number of hydrogen-bond acceptors (Lipinski definition) is 6. The summed E-state index contributed by atoms with van der Waals surface area (Å²) in [5, 5.41) is 4.83. The molecule has 0 bridgehead atoms. The number of benzene rings is 1. The van der Waals surface area contributed by atoms with E-state index in [1.165, 1.54) is 18.6 Å². The van der Waals surface area contributed by atoms with Crippen molar-refractivity contribution in [3.05, 3.63) is 53.5 Å². The molecule has 2 aromatic rings. The Labute approximate surface area is 187 Å². The number of rotatable bonds is 8. The number of ether oxygens (including phenoxy) is 2. The van der Waals surface area contributed by atoms with E-state index in [4.69, 9.17) is 19.7 Å². The topological polar surface area (TPSA) is 90.8 Å². The van der Waals surface area contributed by atoms with Crippen LogP contribution in [0.4, 0.5) is 4.39 Å². The maximum absolute atomic E-state index is 13.5. The summed E-state index contributed by atoms with van der Waals surface area (Å²) in [6.45, 7) is 3.98. The molecule has 32 heavy (non-hydrogen) atoms. The van der Waals surface area contributed by atoms with Crippen molar-refractivity contribution in [2.24, 2.45) is 5.73 Å².